The van der Waals surface area contributed by atoms with Gasteiger partial charge in [-0.15, -0.1) is 0 Å². The Bertz CT molecular complexity index is 155. The van der Waals surface area contributed by atoms with Crippen LogP contribution in [0.1, 0.15) is 13.3 Å². The van der Waals surface area contributed by atoms with Gasteiger partial charge in [0.1, 0.15) is 6.61 Å². The van der Waals surface area contributed by atoms with Crippen LogP contribution < -0.4 is 0 Å². The Morgan fingerprint density at radius 2 is 1.93 bits per heavy atom. The molecule has 6 heteroatoms. The van der Waals surface area contributed by atoms with E-state index in [4.69, 9.17) is 0 Å². The third kappa shape index (κ3) is 10.5. The zero-order valence-corrected chi connectivity index (χ0v) is 10.4. The van der Waals surface area contributed by atoms with Gasteiger partial charge in [-0.05, 0) is 13.0 Å². The zero-order valence-electron chi connectivity index (χ0n) is 8.82. The van der Waals surface area contributed by atoms with Crippen molar-refractivity contribution in [3.8, 4) is 0 Å². The molecule has 0 atom stereocenters. The molecule has 0 aromatic rings. The minimum absolute atomic E-state index is 0.165. The van der Waals surface area contributed by atoms with E-state index in [1.807, 2.05) is 6.92 Å². The monoisotopic (exact) mass is 291 g/mol. The maximum Gasteiger partial charge on any atom is 0.411 e. The predicted molar refractivity (Wildman–Crippen MR) is 57.4 cm³/mol. The number of alkyl halides is 4. The van der Waals surface area contributed by atoms with E-state index in [2.05, 4.69) is 25.6 Å². The van der Waals surface area contributed by atoms with Crippen LogP contribution >= 0.6 is 15.9 Å². The van der Waals surface area contributed by atoms with E-state index in [0.29, 0.717) is 6.42 Å². The minimum atomic E-state index is -4.21. The molecule has 0 aromatic carbocycles. The summed E-state index contributed by atoms with van der Waals surface area (Å²) in [4.78, 5) is 2.16. The van der Waals surface area contributed by atoms with Gasteiger partial charge >= 0.3 is 6.18 Å². The smallest absolute Gasteiger partial charge is 0.372 e. The zero-order chi connectivity index (χ0) is 11.7. The standard InChI is InChI=1S/C9H17BrF3NO/c1-2-14(6-4-10)5-3-7-15-8-9(11,12)13/h2-8H2,1H3. The second-order valence-corrected chi connectivity index (χ2v) is 3.94. The molecule has 92 valence electrons. The van der Waals surface area contributed by atoms with Gasteiger partial charge in [0, 0.05) is 25.0 Å². The quantitative estimate of drug-likeness (QED) is 0.504. The summed E-state index contributed by atoms with van der Waals surface area (Å²) >= 11 is 3.32. The molecule has 0 aromatic heterocycles. The van der Waals surface area contributed by atoms with Crippen LogP contribution in [0.2, 0.25) is 0 Å². The van der Waals surface area contributed by atoms with Crippen molar-refractivity contribution in [2.75, 3.05) is 38.2 Å². The number of nitrogens with zero attached hydrogens (tertiary/aromatic N) is 1. The molecule has 0 heterocycles. The van der Waals surface area contributed by atoms with E-state index in [1.165, 1.54) is 0 Å². The van der Waals surface area contributed by atoms with Crippen LogP contribution in [0.25, 0.3) is 0 Å². The van der Waals surface area contributed by atoms with Crippen molar-refractivity contribution in [1.82, 2.24) is 4.90 Å². The first kappa shape index (κ1) is 15.2. The van der Waals surface area contributed by atoms with Crippen molar-refractivity contribution in [3.05, 3.63) is 0 Å². The van der Waals surface area contributed by atoms with Crippen molar-refractivity contribution in [1.29, 1.82) is 0 Å². The lowest BCUT2D eigenvalue weighted by atomic mass is 10.4. The van der Waals surface area contributed by atoms with Gasteiger partial charge in [0.2, 0.25) is 0 Å². The second-order valence-electron chi connectivity index (χ2n) is 3.14. The van der Waals surface area contributed by atoms with Crippen LogP contribution in [0.15, 0.2) is 0 Å². The normalized spacial score (nSPS) is 12.4. The van der Waals surface area contributed by atoms with Crippen LogP contribution in [-0.4, -0.2) is 49.3 Å². The van der Waals surface area contributed by atoms with Gasteiger partial charge < -0.3 is 9.64 Å². The van der Waals surface area contributed by atoms with Crippen LogP contribution in [0.3, 0.4) is 0 Å². The molecule has 2 nitrogen and oxygen atoms in total. The average Bonchev–Trinajstić information content (AvgIpc) is 2.14. The van der Waals surface area contributed by atoms with Crippen LogP contribution in [-0.2, 0) is 4.74 Å². The SMILES string of the molecule is CCN(CCBr)CCCOCC(F)(F)F. The Morgan fingerprint density at radius 1 is 1.27 bits per heavy atom. The van der Waals surface area contributed by atoms with Crippen LogP contribution in [0.5, 0.6) is 0 Å². The third-order valence-corrected chi connectivity index (χ3v) is 2.23. The van der Waals surface area contributed by atoms with Crippen molar-refractivity contribution < 1.29 is 17.9 Å². The summed E-state index contributed by atoms with van der Waals surface area (Å²) in [6, 6.07) is 0. The molecule has 0 saturated carbocycles. The van der Waals surface area contributed by atoms with E-state index >= 15 is 0 Å². The molecule has 15 heavy (non-hydrogen) atoms. The van der Waals surface area contributed by atoms with Gasteiger partial charge in [-0.2, -0.15) is 13.2 Å². The number of rotatable bonds is 8. The summed E-state index contributed by atoms with van der Waals surface area (Å²) in [6.07, 6.45) is -3.57. The number of ether oxygens (including phenoxy) is 1. The topological polar surface area (TPSA) is 12.5 Å². The predicted octanol–water partition coefficient (Wildman–Crippen LogP) is 2.67. The molecule has 0 amide bonds. The van der Waals surface area contributed by atoms with E-state index in [-0.39, 0.29) is 6.61 Å². The Balaban J connectivity index is 3.36. The number of halogens is 4. The molecule has 0 fully saturated rings. The lowest BCUT2D eigenvalue weighted by Gasteiger charge is -2.18. The minimum Gasteiger partial charge on any atom is -0.372 e. The Kier molecular flexibility index (Phi) is 8.46. The van der Waals surface area contributed by atoms with E-state index < -0.39 is 12.8 Å². The fourth-order valence-corrected chi connectivity index (χ4v) is 1.63. The van der Waals surface area contributed by atoms with Crippen molar-refractivity contribution >= 4 is 15.9 Å². The summed E-state index contributed by atoms with van der Waals surface area (Å²) in [5.74, 6) is 0. The molecule has 0 saturated heterocycles. The average molecular weight is 292 g/mol. The Morgan fingerprint density at radius 3 is 2.40 bits per heavy atom. The van der Waals surface area contributed by atoms with Gasteiger partial charge in [-0.1, -0.05) is 22.9 Å². The van der Waals surface area contributed by atoms with Gasteiger partial charge in [-0.3, -0.25) is 0 Å². The molecule has 0 aliphatic rings. The van der Waals surface area contributed by atoms with Crippen LogP contribution in [0, 0.1) is 0 Å². The molecular formula is C9H17BrF3NO. The first-order valence-corrected chi connectivity index (χ1v) is 6.04. The maximum atomic E-state index is 11.7. The van der Waals surface area contributed by atoms with Gasteiger partial charge in [-0.25, -0.2) is 0 Å². The highest BCUT2D eigenvalue weighted by atomic mass is 79.9. The highest BCUT2D eigenvalue weighted by Gasteiger charge is 2.27. The molecule has 0 spiro atoms. The first-order chi connectivity index (χ1) is 6.99. The molecule has 0 N–H and O–H groups in total. The van der Waals surface area contributed by atoms with E-state index in [9.17, 15) is 13.2 Å². The largest absolute Gasteiger partial charge is 0.411 e. The van der Waals surface area contributed by atoms with Gasteiger partial charge in [0.25, 0.3) is 0 Å². The molecule has 0 aliphatic heterocycles. The van der Waals surface area contributed by atoms with Gasteiger partial charge in [0.05, 0.1) is 0 Å². The molecule has 0 unspecified atom stereocenters. The molecule has 0 aliphatic carbocycles. The molecule has 0 rings (SSSR count). The van der Waals surface area contributed by atoms with Crippen molar-refractivity contribution in [2.45, 2.75) is 19.5 Å². The van der Waals surface area contributed by atoms with Crippen LogP contribution in [0.4, 0.5) is 13.2 Å². The Hall–Kier alpha value is 0.190. The highest BCUT2D eigenvalue weighted by Crippen LogP contribution is 2.14. The highest BCUT2D eigenvalue weighted by molar-refractivity contribution is 9.09. The summed E-state index contributed by atoms with van der Waals surface area (Å²) in [5, 5.41) is 0.879. The Labute approximate surface area is 96.9 Å². The summed E-state index contributed by atoms with van der Waals surface area (Å²) in [5.41, 5.74) is 0. The van der Waals surface area contributed by atoms with E-state index in [0.717, 1.165) is 25.0 Å². The summed E-state index contributed by atoms with van der Waals surface area (Å²) in [7, 11) is 0. The van der Waals surface area contributed by atoms with Crippen molar-refractivity contribution in [3.63, 3.8) is 0 Å². The molecule has 0 bridgehead atoms. The number of hydrogen-bond acceptors (Lipinski definition) is 2. The van der Waals surface area contributed by atoms with Crippen molar-refractivity contribution in [2.24, 2.45) is 0 Å². The fraction of sp³-hybridized carbons (Fsp3) is 1.00. The lowest BCUT2D eigenvalue weighted by Crippen LogP contribution is -2.27. The van der Waals surface area contributed by atoms with Gasteiger partial charge in [0.15, 0.2) is 0 Å². The summed E-state index contributed by atoms with van der Waals surface area (Å²) < 4.78 is 39.6. The van der Waals surface area contributed by atoms with E-state index in [1.54, 1.807) is 0 Å². The molecular weight excluding hydrogens is 275 g/mol. The maximum absolute atomic E-state index is 11.7. The fourth-order valence-electron chi connectivity index (χ4n) is 1.13. The summed E-state index contributed by atoms with van der Waals surface area (Å²) in [6.45, 7) is 3.65. The lowest BCUT2D eigenvalue weighted by molar-refractivity contribution is -0.174. The first-order valence-electron chi connectivity index (χ1n) is 4.92. The number of hydrogen-bond donors (Lipinski definition) is 0. The molecule has 0 radical (unpaired) electrons. The third-order valence-electron chi connectivity index (χ3n) is 1.88. The second kappa shape index (κ2) is 8.35.